The molecule has 0 heterocycles. The Bertz CT molecular complexity index is 673. The van der Waals surface area contributed by atoms with E-state index >= 15 is 0 Å². The molecule has 4 nitrogen and oxygen atoms in total. The van der Waals surface area contributed by atoms with Gasteiger partial charge in [0.25, 0.3) is 0 Å². The fraction of sp³-hybridized carbons (Fsp3) is 0.235. The SMILES string of the molecule is CC(Cc1ccc(O)c(O)c1)C(=O)NCc1ccccc1F. The molecule has 0 saturated heterocycles. The molecule has 0 bridgehead atoms. The fourth-order valence-electron chi connectivity index (χ4n) is 2.14. The van der Waals surface area contributed by atoms with Crippen molar-refractivity contribution in [2.45, 2.75) is 19.9 Å². The molecule has 2 aromatic rings. The van der Waals surface area contributed by atoms with Crippen LogP contribution in [0.3, 0.4) is 0 Å². The van der Waals surface area contributed by atoms with E-state index in [1.54, 1.807) is 31.2 Å². The number of hydrogen-bond acceptors (Lipinski definition) is 3. The number of halogens is 1. The van der Waals surface area contributed by atoms with E-state index < -0.39 is 0 Å². The van der Waals surface area contributed by atoms with Crippen LogP contribution in [-0.2, 0) is 17.8 Å². The highest BCUT2D eigenvalue weighted by Gasteiger charge is 2.14. The number of phenols is 2. The molecule has 116 valence electrons. The van der Waals surface area contributed by atoms with Crippen LogP contribution in [0, 0.1) is 11.7 Å². The molecule has 0 radical (unpaired) electrons. The van der Waals surface area contributed by atoms with Gasteiger partial charge in [-0.1, -0.05) is 31.2 Å². The first-order valence-corrected chi connectivity index (χ1v) is 6.99. The van der Waals surface area contributed by atoms with Crippen LogP contribution >= 0.6 is 0 Å². The molecule has 0 aliphatic heterocycles. The third-order valence-electron chi connectivity index (χ3n) is 3.44. The van der Waals surface area contributed by atoms with E-state index in [1.165, 1.54) is 18.2 Å². The average molecular weight is 303 g/mol. The highest BCUT2D eigenvalue weighted by Crippen LogP contribution is 2.26. The van der Waals surface area contributed by atoms with Gasteiger partial charge >= 0.3 is 0 Å². The van der Waals surface area contributed by atoms with Gasteiger partial charge in [0.05, 0.1) is 0 Å². The van der Waals surface area contributed by atoms with Crippen LogP contribution in [0.15, 0.2) is 42.5 Å². The maximum Gasteiger partial charge on any atom is 0.223 e. The molecule has 0 aliphatic rings. The van der Waals surface area contributed by atoms with Crippen molar-refractivity contribution >= 4 is 5.91 Å². The summed E-state index contributed by atoms with van der Waals surface area (Å²) in [6.07, 6.45) is 0.414. The van der Waals surface area contributed by atoms with Crippen LogP contribution in [0.1, 0.15) is 18.1 Å². The van der Waals surface area contributed by atoms with Crippen LogP contribution in [0.5, 0.6) is 11.5 Å². The van der Waals surface area contributed by atoms with E-state index in [2.05, 4.69) is 5.32 Å². The molecule has 0 saturated carbocycles. The molecule has 2 aromatic carbocycles. The van der Waals surface area contributed by atoms with Crippen LogP contribution in [-0.4, -0.2) is 16.1 Å². The van der Waals surface area contributed by atoms with Crippen molar-refractivity contribution in [3.63, 3.8) is 0 Å². The summed E-state index contributed by atoms with van der Waals surface area (Å²) in [5.74, 6) is -1.29. The maximum atomic E-state index is 13.5. The van der Waals surface area contributed by atoms with Gasteiger partial charge in [0.15, 0.2) is 11.5 Å². The molecule has 1 unspecified atom stereocenters. The Morgan fingerprint density at radius 3 is 2.59 bits per heavy atom. The van der Waals surface area contributed by atoms with Crippen molar-refractivity contribution in [2.24, 2.45) is 5.92 Å². The summed E-state index contributed by atoms with van der Waals surface area (Å²) in [7, 11) is 0. The lowest BCUT2D eigenvalue weighted by atomic mass is 10.00. The third-order valence-corrected chi connectivity index (χ3v) is 3.44. The van der Waals surface area contributed by atoms with E-state index in [9.17, 15) is 19.4 Å². The molecule has 1 atom stereocenters. The second-order valence-corrected chi connectivity index (χ2v) is 5.24. The van der Waals surface area contributed by atoms with Gasteiger partial charge in [-0.3, -0.25) is 4.79 Å². The number of hydrogen-bond donors (Lipinski definition) is 3. The van der Waals surface area contributed by atoms with Crippen molar-refractivity contribution < 1.29 is 19.4 Å². The third kappa shape index (κ3) is 3.97. The van der Waals surface area contributed by atoms with Gasteiger partial charge < -0.3 is 15.5 Å². The zero-order valence-electron chi connectivity index (χ0n) is 12.2. The molecule has 3 N–H and O–H groups in total. The first kappa shape index (κ1) is 15.8. The lowest BCUT2D eigenvalue weighted by Crippen LogP contribution is -2.30. The predicted octanol–water partition coefficient (Wildman–Crippen LogP) is 2.73. The Morgan fingerprint density at radius 1 is 1.18 bits per heavy atom. The molecule has 0 spiro atoms. The van der Waals surface area contributed by atoms with Crippen LogP contribution in [0.25, 0.3) is 0 Å². The summed E-state index contributed by atoms with van der Waals surface area (Å²) in [5, 5.41) is 21.4. The molecule has 0 aromatic heterocycles. The number of aromatic hydroxyl groups is 2. The molecule has 22 heavy (non-hydrogen) atoms. The van der Waals surface area contributed by atoms with Crippen molar-refractivity contribution in [3.8, 4) is 11.5 Å². The first-order chi connectivity index (χ1) is 10.5. The molecule has 1 amide bonds. The van der Waals surface area contributed by atoms with E-state index in [4.69, 9.17) is 0 Å². The summed E-state index contributed by atoms with van der Waals surface area (Å²) in [6, 6.07) is 10.7. The minimum absolute atomic E-state index is 0.136. The average Bonchev–Trinajstić information content (AvgIpc) is 2.50. The number of carbonyl (C=O) groups is 1. The standard InChI is InChI=1S/C17H18FNO3/c1-11(8-12-6-7-15(20)16(21)9-12)17(22)19-10-13-4-2-3-5-14(13)18/h2-7,9,11,20-21H,8,10H2,1H3,(H,19,22). The van der Waals surface area contributed by atoms with E-state index in [1.807, 2.05) is 0 Å². The predicted molar refractivity (Wildman–Crippen MR) is 80.9 cm³/mol. The van der Waals surface area contributed by atoms with Gasteiger partial charge in [0, 0.05) is 18.0 Å². The lowest BCUT2D eigenvalue weighted by molar-refractivity contribution is -0.124. The number of rotatable bonds is 5. The zero-order chi connectivity index (χ0) is 16.1. The van der Waals surface area contributed by atoms with E-state index in [-0.39, 0.29) is 35.7 Å². The summed E-state index contributed by atoms with van der Waals surface area (Å²) in [4.78, 5) is 12.0. The highest BCUT2D eigenvalue weighted by molar-refractivity contribution is 5.78. The van der Waals surface area contributed by atoms with Crippen molar-refractivity contribution in [2.75, 3.05) is 0 Å². The Balaban J connectivity index is 1.92. The Morgan fingerprint density at radius 2 is 1.91 bits per heavy atom. The van der Waals surface area contributed by atoms with Crippen molar-refractivity contribution in [1.29, 1.82) is 0 Å². The number of nitrogens with one attached hydrogen (secondary N) is 1. The Labute approximate surface area is 128 Å². The Hall–Kier alpha value is -2.56. The number of amides is 1. The number of benzene rings is 2. The largest absolute Gasteiger partial charge is 0.504 e. The van der Waals surface area contributed by atoms with Gasteiger partial charge in [-0.15, -0.1) is 0 Å². The molecule has 0 fully saturated rings. The van der Waals surface area contributed by atoms with Crippen molar-refractivity contribution in [1.82, 2.24) is 5.32 Å². The van der Waals surface area contributed by atoms with Gasteiger partial charge in [0.1, 0.15) is 5.82 Å². The van der Waals surface area contributed by atoms with Gasteiger partial charge in [-0.25, -0.2) is 4.39 Å². The smallest absolute Gasteiger partial charge is 0.223 e. The van der Waals surface area contributed by atoms with Crippen LogP contribution in [0.2, 0.25) is 0 Å². The highest BCUT2D eigenvalue weighted by atomic mass is 19.1. The lowest BCUT2D eigenvalue weighted by Gasteiger charge is -2.13. The van der Waals surface area contributed by atoms with Gasteiger partial charge in [0.2, 0.25) is 5.91 Å². The van der Waals surface area contributed by atoms with Crippen molar-refractivity contribution in [3.05, 3.63) is 59.4 Å². The maximum absolute atomic E-state index is 13.5. The monoisotopic (exact) mass is 303 g/mol. The molecule has 0 aliphatic carbocycles. The molecule has 5 heteroatoms. The molecule has 2 rings (SSSR count). The van der Waals surface area contributed by atoms with E-state index in [0.29, 0.717) is 12.0 Å². The Kier molecular flexibility index (Phi) is 4.99. The number of phenolic OH excluding ortho intramolecular Hbond substituents is 2. The zero-order valence-corrected chi connectivity index (χ0v) is 12.2. The van der Waals surface area contributed by atoms with Crippen LogP contribution < -0.4 is 5.32 Å². The van der Waals surface area contributed by atoms with Gasteiger partial charge in [-0.2, -0.15) is 0 Å². The van der Waals surface area contributed by atoms with E-state index in [0.717, 1.165) is 5.56 Å². The second-order valence-electron chi connectivity index (χ2n) is 5.24. The minimum atomic E-state index is -0.348. The molecular formula is C17H18FNO3. The first-order valence-electron chi connectivity index (χ1n) is 6.99. The summed E-state index contributed by atoms with van der Waals surface area (Å²) >= 11 is 0. The quantitative estimate of drug-likeness (QED) is 0.744. The summed E-state index contributed by atoms with van der Waals surface area (Å²) in [5.41, 5.74) is 1.18. The molecular weight excluding hydrogens is 285 g/mol. The second kappa shape index (κ2) is 6.93. The van der Waals surface area contributed by atoms with Gasteiger partial charge in [-0.05, 0) is 30.2 Å². The van der Waals surface area contributed by atoms with Crippen LogP contribution in [0.4, 0.5) is 4.39 Å². The summed E-state index contributed by atoms with van der Waals surface area (Å²) < 4.78 is 13.5. The fourth-order valence-corrected chi connectivity index (χ4v) is 2.14. The number of carbonyl (C=O) groups excluding carboxylic acids is 1. The topological polar surface area (TPSA) is 69.6 Å². The summed E-state index contributed by atoms with van der Waals surface area (Å²) in [6.45, 7) is 1.89. The normalized spacial score (nSPS) is 11.9. The minimum Gasteiger partial charge on any atom is -0.504 e.